The number of aromatic amines is 1. The Bertz CT molecular complexity index is 1060. The molecular weight excluding hydrogens is 367 g/mol. The van der Waals surface area contributed by atoms with Gasteiger partial charge in [-0.05, 0) is 23.8 Å². The minimum atomic E-state index is -1.000. The molecule has 0 bridgehead atoms. The van der Waals surface area contributed by atoms with Crippen LogP contribution in [-0.4, -0.2) is 27.8 Å². The maximum atomic E-state index is 13.5. The number of nitrogens with one attached hydrogen (secondary N) is 3. The highest BCUT2D eigenvalue weighted by atomic mass is 19.1. The molecule has 0 spiro atoms. The number of nitro groups is 1. The molecule has 2 amide bonds. The zero-order valence-corrected chi connectivity index (χ0v) is 14.9. The number of amides is 2. The number of carbonyl (C=O) groups excluding carboxylic acids is 2. The van der Waals surface area contributed by atoms with Gasteiger partial charge in [-0.25, -0.2) is 0 Å². The summed E-state index contributed by atoms with van der Waals surface area (Å²) in [5, 5.41) is 16.9. The van der Waals surface area contributed by atoms with E-state index >= 15 is 0 Å². The monoisotopic (exact) mass is 384 g/mol. The van der Waals surface area contributed by atoms with E-state index in [1.54, 1.807) is 6.20 Å². The molecule has 3 aromatic rings. The molecule has 0 aliphatic carbocycles. The maximum Gasteiger partial charge on any atom is 0.306 e. The maximum absolute atomic E-state index is 13.5. The molecule has 9 heteroatoms. The van der Waals surface area contributed by atoms with E-state index in [9.17, 15) is 24.1 Å². The van der Waals surface area contributed by atoms with Crippen LogP contribution >= 0.6 is 0 Å². The highest BCUT2D eigenvalue weighted by Crippen LogP contribution is 2.23. The Morgan fingerprint density at radius 2 is 2.00 bits per heavy atom. The van der Waals surface area contributed by atoms with Crippen molar-refractivity contribution in [2.75, 3.05) is 5.32 Å². The number of rotatable bonds is 6. The number of nitrogens with zero attached hydrogens (tertiary/aromatic N) is 1. The smallest absolute Gasteiger partial charge is 0.306 e. The first-order valence-corrected chi connectivity index (χ1v) is 8.42. The van der Waals surface area contributed by atoms with Crippen LogP contribution in [-0.2, 0) is 16.0 Å². The van der Waals surface area contributed by atoms with Gasteiger partial charge in [-0.15, -0.1) is 0 Å². The number of para-hydroxylation sites is 1. The third-order valence-corrected chi connectivity index (χ3v) is 4.20. The third kappa shape index (κ3) is 4.14. The van der Waals surface area contributed by atoms with Crippen molar-refractivity contribution in [2.24, 2.45) is 0 Å². The first-order valence-electron chi connectivity index (χ1n) is 8.42. The number of nitro benzene ring substituents is 1. The Morgan fingerprint density at radius 1 is 1.25 bits per heavy atom. The number of fused-ring (bicyclic) bond motifs is 1. The summed E-state index contributed by atoms with van der Waals surface area (Å²) in [5.74, 6) is -1.97. The van der Waals surface area contributed by atoms with Crippen LogP contribution in [0.4, 0.5) is 15.8 Å². The van der Waals surface area contributed by atoms with Gasteiger partial charge >= 0.3 is 5.69 Å². The molecule has 3 N–H and O–H groups in total. The van der Waals surface area contributed by atoms with E-state index in [0.717, 1.165) is 28.6 Å². The van der Waals surface area contributed by atoms with Crippen molar-refractivity contribution in [3.63, 3.8) is 0 Å². The molecule has 0 aliphatic heterocycles. The van der Waals surface area contributed by atoms with Crippen molar-refractivity contribution in [3.8, 4) is 0 Å². The molecule has 28 heavy (non-hydrogen) atoms. The normalized spacial score (nSPS) is 11.8. The lowest BCUT2D eigenvalue weighted by Gasteiger charge is -2.17. The van der Waals surface area contributed by atoms with Crippen LogP contribution in [0.25, 0.3) is 10.9 Å². The first-order chi connectivity index (χ1) is 13.3. The summed E-state index contributed by atoms with van der Waals surface area (Å²) in [7, 11) is 0. The van der Waals surface area contributed by atoms with Gasteiger partial charge in [0.15, 0.2) is 0 Å². The SMILES string of the molecule is CC(=O)NC(Cc1c[nH]c2ccccc12)C(=O)Nc1ccc(F)c([N+](=O)[O-])c1. The van der Waals surface area contributed by atoms with Crippen LogP contribution in [0, 0.1) is 15.9 Å². The number of aromatic nitrogens is 1. The van der Waals surface area contributed by atoms with E-state index in [0.29, 0.717) is 0 Å². The number of hydrogen-bond acceptors (Lipinski definition) is 4. The topological polar surface area (TPSA) is 117 Å². The van der Waals surface area contributed by atoms with Gasteiger partial charge in [-0.1, -0.05) is 18.2 Å². The Kier molecular flexibility index (Phi) is 5.35. The fourth-order valence-corrected chi connectivity index (χ4v) is 2.93. The highest BCUT2D eigenvalue weighted by molar-refractivity contribution is 5.98. The summed E-state index contributed by atoms with van der Waals surface area (Å²) in [5.41, 5.74) is 1.04. The van der Waals surface area contributed by atoms with Gasteiger partial charge in [0.2, 0.25) is 17.6 Å². The Hall–Kier alpha value is -3.75. The molecule has 2 aromatic carbocycles. The number of H-pyrrole nitrogens is 1. The van der Waals surface area contributed by atoms with Gasteiger partial charge in [0, 0.05) is 42.2 Å². The standard InChI is InChI=1S/C19H17FN4O4/c1-11(25)22-17(8-12-10-21-16-5-3-2-4-14(12)16)19(26)23-13-6-7-15(20)18(9-13)24(27)28/h2-7,9-10,17,21H,8H2,1H3,(H,22,25)(H,23,26). The zero-order valence-electron chi connectivity index (χ0n) is 14.9. The number of anilines is 1. The lowest BCUT2D eigenvalue weighted by atomic mass is 10.0. The fourth-order valence-electron chi connectivity index (χ4n) is 2.93. The van der Waals surface area contributed by atoms with Crippen LogP contribution < -0.4 is 10.6 Å². The quantitative estimate of drug-likeness (QED) is 0.447. The first kappa shape index (κ1) is 19.0. The molecule has 8 nitrogen and oxygen atoms in total. The summed E-state index contributed by atoms with van der Waals surface area (Å²) in [4.78, 5) is 37.3. The van der Waals surface area contributed by atoms with Gasteiger partial charge in [0.05, 0.1) is 4.92 Å². The van der Waals surface area contributed by atoms with E-state index < -0.39 is 34.3 Å². The van der Waals surface area contributed by atoms with E-state index in [-0.39, 0.29) is 12.1 Å². The second-order valence-corrected chi connectivity index (χ2v) is 6.23. The number of carbonyl (C=O) groups is 2. The van der Waals surface area contributed by atoms with E-state index in [4.69, 9.17) is 0 Å². The van der Waals surface area contributed by atoms with Gasteiger partial charge in [0.1, 0.15) is 6.04 Å². The van der Waals surface area contributed by atoms with E-state index in [1.165, 1.54) is 13.0 Å². The van der Waals surface area contributed by atoms with Gasteiger partial charge < -0.3 is 15.6 Å². The van der Waals surface area contributed by atoms with Crippen molar-refractivity contribution in [1.29, 1.82) is 0 Å². The Labute approximate surface area is 158 Å². The molecule has 0 aliphatic rings. The number of benzene rings is 2. The van der Waals surface area contributed by atoms with Gasteiger partial charge in [-0.2, -0.15) is 4.39 Å². The summed E-state index contributed by atoms with van der Waals surface area (Å²) in [6.45, 7) is 1.29. The number of halogens is 1. The molecule has 0 saturated heterocycles. The Morgan fingerprint density at radius 3 is 2.71 bits per heavy atom. The lowest BCUT2D eigenvalue weighted by molar-refractivity contribution is -0.387. The van der Waals surface area contributed by atoms with E-state index in [2.05, 4.69) is 15.6 Å². The average molecular weight is 384 g/mol. The molecule has 1 aromatic heterocycles. The van der Waals surface area contributed by atoms with Crippen LogP contribution in [0.3, 0.4) is 0 Å². The largest absolute Gasteiger partial charge is 0.361 e. The Balaban J connectivity index is 1.83. The molecule has 1 atom stereocenters. The molecule has 0 radical (unpaired) electrons. The number of hydrogen-bond donors (Lipinski definition) is 3. The van der Waals surface area contributed by atoms with Crippen LogP contribution in [0.1, 0.15) is 12.5 Å². The molecule has 0 fully saturated rings. The van der Waals surface area contributed by atoms with Gasteiger partial charge in [0.25, 0.3) is 0 Å². The molecule has 0 saturated carbocycles. The predicted octanol–water partition coefficient (Wildman–Crippen LogP) is 2.90. The molecule has 3 rings (SSSR count). The molecule has 1 unspecified atom stereocenters. The second-order valence-electron chi connectivity index (χ2n) is 6.23. The highest BCUT2D eigenvalue weighted by Gasteiger charge is 2.23. The minimum Gasteiger partial charge on any atom is -0.361 e. The second kappa shape index (κ2) is 7.87. The van der Waals surface area contributed by atoms with Crippen LogP contribution in [0.2, 0.25) is 0 Å². The third-order valence-electron chi connectivity index (χ3n) is 4.20. The lowest BCUT2D eigenvalue weighted by Crippen LogP contribution is -2.44. The average Bonchev–Trinajstić information content (AvgIpc) is 3.05. The summed E-state index contributed by atoms with van der Waals surface area (Å²) >= 11 is 0. The van der Waals surface area contributed by atoms with Crippen molar-refractivity contribution in [2.45, 2.75) is 19.4 Å². The van der Waals surface area contributed by atoms with Crippen molar-refractivity contribution >= 4 is 34.1 Å². The van der Waals surface area contributed by atoms with Gasteiger partial charge in [-0.3, -0.25) is 19.7 Å². The summed E-state index contributed by atoms with van der Waals surface area (Å²) in [6.07, 6.45) is 1.97. The van der Waals surface area contributed by atoms with Crippen molar-refractivity contribution in [3.05, 3.63) is 70.2 Å². The molecule has 144 valence electrons. The predicted molar refractivity (Wildman–Crippen MR) is 101 cm³/mol. The van der Waals surface area contributed by atoms with E-state index in [1.807, 2.05) is 24.3 Å². The molecular formula is C19H17FN4O4. The van der Waals surface area contributed by atoms with Crippen LogP contribution in [0.5, 0.6) is 0 Å². The fraction of sp³-hybridized carbons (Fsp3) is 0.158. The summed E-state index contributed by atoms with van der Waals surface area (Å²) in [6, 6.07) is 9.67. The molecule has 1 heterocycles. The zero-order chi connectivity index (χ0) is 20.3. The van der Waals surface area contributed by atoms with Crippen molar-refractivity contribution in [1.82, 2.24) is 10.3 Å². The summed E-state index contributed by atoms with van der Waals surface area (Å²) < 4.78 is 13.5. The van der Waals surface area contributed by atoms with Crippen molar-refractivity contribution < 1.29 is 18.9 Å². The van der Waals surface area contributed by atoms with Crippen LogP contribution in [0.15, 0.2) is 48.7 Å². The minimum absolute atomic E-state index is 0.0624.